The number of rotatable bonds is 2. The van der Waals surface area contributed by atoms with Gasteiger partial charge in [-0.1, -0.05) is 13.8 Å². The fourth-order valence-electron chi connectivity index (χ4n) is 1.87. The van der Waals surface area contributed by atoms with Crippen LogP contribution in [0.5, 0.6) is 0 Å². The van der Waals surface area contributed by atoms with E-state index in [1.165, 1.54) is 6.20 Å². The van der Waals surface area contributed by atoms with E-state index in [0.29, 0.717) is 12.0 Å². The van der Waals surface area contributed by atoms with Crippen LogP contribution in [0.15, 0.2) is 11.8 Å². The molecule has 1 fully saturated rings. The molecule has 80 valence electrons. The van der Waals surface area contributed by atoms with Gasteiger partial charge in [0.15, 0.2) is 5.78 Å². The van der Waals surface area contributed by atoms with Crippen LogP contribution >= 0.6 is 0 Å². The normalized spacial score (nSPS) is 40.9. The Morgan fingerprint density at radius 2 is 1.79 bits per heavy atom. The second kappa shape index (κ2) is 3.39. The first kappa shape index (κ1) is 11.2. The van der Waals surface area contributed by atoms with Crippen molar-refractivity contribution in [2.45, 2.75) is 51.7 Å². The van der Waals surface area contributed by atoms with Crippen molar-refractivity contribution in [2.24, 2.45) is 5.73 Å². The van der Waals surface area contributed by atoms with Crippen molar-refractivity contribution < 1.29 is 9.53 Å². The molecule has 0 aromatic heterocycles. The third kappa shape index (κ3) is 1.36. The molecular formula is C11H19NO2. The van der Waals surface area contributed by atoms with Crippen LogP contribution in [0.4, 0.5) is 0 Å². The zero-order chi connectivity index (χ0) is 11.0. The van der Waals surface area contributed by atoms with Gasteiger partial charge in [0.25, 0.3) is 0 Å². The van der Waals surface area contributed by atoms with Crippen LogP contribution in [-0.2, 0) is 9.53 Å². The zero-order valence-electron chi connectivity index (χ0n) is 9.39. The minimum absolute atomic E-state index is 0.0341. The second-order valence-electron chi connectivity index (χ2n) is 4.18. The zero-order valence-corrected chi connectivity index (χ0v) is 9.39. The molecule has 1 saturated heterocycles. The molecule has 1 aliphatic heterocycles. The van der Waals surface area contributed by atoms with Gasteiger partial charge < -0.3 is 10.5 Å². The summed E-state index contributed by atoms with van der Waals surface area (Å²) in [5.41, 5.74) is 4.92. The van der Waals surface area contributed by atoms with Crippen LogP contribution < -0.4 is 5.73 Å². The van der Waals surface area contributed by atoms with Gasteiger partial charge >= 0.3 is 0 Å². The molecule has 1 aliphatic rings. The molecule has 0 aliphatic carbocycles. The molecule has 14 heavy (non-hydrogen) atoms. The SMILES string of the molecule is CCC1(C)OC(C)(CC)/C(=C/N)C1=O. The van der Waals surface area contributed by atoms with Gasteiger partial charge in [-0.2, -0.15) is 0 Å². The highest BCUT2D eigenvalue weighted by Crippen LogP contribution is 2.42. The molecule has 1 rings (SSSR count). The lowest BCUT2D eigenvalue weighted by atomic mass is 9.88. The summed E-state index contributed by atoms with van der Waals surface area (Å²) in [4.78, 5) is 12.0. The third-order valence-corrected chi connectivity index (χ3v) is 3.26. The number of carbonyl (C=O) groups excluding carboxylic acids is 1. The quantitative estimate of drug-likeness (QED) is 0.686. The van der Waals surface area contributed by atoms with Crippen LogP contribution in [0.25, 0.3) is 0 Å². The largest absolute Gasteiger partial charge is 0.404 e. The molecule has 0 aromatic rings. The highest BCUT2D eigenvalue weighted by Gasteiger charge is 2.52. The molecule has 0 saturated carbocycles. The van der Waals surface area contributed by atoms with Crippen molar-refractivity contribution in [3.8, 4) is 0 Å². The van der Waals surface area contributed by atoms with Crippen LogP contribution in [0.3, 0.4) is 0 Å². The van der Waals surface area contributed by atoms with Crippen molar-refractivity contribution >= 4 is 5.78 Å². The van der Waals surface area contributed by atoms with Gasteiger partial charge in [0.05, 0.1) is 5.60 Å². The van der Waals surface area contributed by atoms with Crippen LogP contribution in [-0.4, -0.2) is 17.0 Å². The maximum absolute atomic E-state index is 12.0. The maximum atomic E-state index is 12.0. The van der Waals surface area contributed by atoms with Gasteiger partial charge in [-0.3, -0.25) is 4.79 Å². The Hall–Kier alpha value is -0.830. The van der Waals surface area contributed by atoms with Crippen LogP contribution in [0, 0.1) is 0 Å². The van der Waals surface area contributed by atoms with E-state index in [-0.39, 0.29) is 5.78 Å². The summed E-state index contributed by atoms with van der Waals surface area (Å²) >= 11 is 0. The molecule has 0 radical (unpaired) electrons. The molecular weight excluding hydrogens is 178 g/mol. The molecule has 2 N–H and O–H groups in total. The Kier molecular flexibility index (Phi) is 2.72. The minimum Gasteiger partial charge on any atom is -0.404 e. The van der Waals surface area contributed by atoms with Crippen molar-refractivity contribution in [1.29, 1.82) is 0 Å². The summed E-state index contributed by atoms with van der Waals surface area (Å²) in [5.74, 6) is 0.0341. The average molecular weight is 197 g/mol. The van der Waals surface area contributed by atoms with Gasteiger partial charge in [-0.05, 0) is 26.7 Å². The van der Waals surface area contributed by atoms with E-state index in [1.807, 2.05) is 27.7 Å². The standard InChI is InChI=1S/C11H19NO2/c1-5-10(3)8(7-12)9(13)11(4,6-2)14-10/h7H,5-6,12H2,1-4H3/b8-7+. The summed E-state index contributed by atoms with van der Waals surface area (Å²) in [6.45, 7) is 7.70. The van der Waals surface area contributed by atoms with E-state index in [9.17, 15) is 4.79 Å². The lowest BCUT2D eigenvalue weighted by molar-refractivity contribution is -0.136. The van der Waals surface area contributed by atoms with Crippen molar-refractivity contribution in [3.63, 3.8) is 0 Å². The van der Waals surface area contributed by atoms with Crippen LogP contribution in [0.2, 0.25) is 0 Å². The number of hydrogen-bond donors (Lipinski definition) is 1. The molecule has 1 heterocycles. The molecule has 0 bridgehead atoms. The lowest BCUT2D eigenvalue weighted by Crippen LogP contribution is -2.33. The number of Topliss-reactive ketones (excluding diaryl/α,β-unsaturated/α-hetero) is 1. The topological polar surface area (TPSA) is 52.3 Å². The lowest BCUT2D eigenvalue weighted by Gasteiger charge is -2.26. The van der Waals surface area contributed by atoms with E-state index in [1.54, 1.807) is 0 Å². The first-order chi connectivity index (χ1) is 6.43. The van der Waals surface area contributed by atoms with Gasteiger partial charge in [0, 0.05) is 11.8 Å². The number of carbonyl (C=O) groups is 1. The molecule has 0 amide bonds. The minimum atomic E-state index is -0.685. The number of nitrogens with two attached hydrogens (primary N) is 1. The van der Waals surface area contributed by atoms with Crippen LogP contribution in [0.1, 0.15) is 40.5 Å². The predicted molar refractivity (Wildman–Crippen MR) is 55.8 cm³/mol. The summed E-state index contributed by atoms with van der Waals surface area (Å²) in [6, 6.07) is 0. The monoisotopic (exact) mass is 197 g/mol. The smallest absolute Gasteiger partial charge is 0.194 e. The summed E-state index contributed by atoms with van der Waals surface area (Å²) in [6.07, 6.45) is 2.84. The Morgan fingerprint density at radius 3 is 2.07 bits per heavy atom. The van der Waals surface area contributed by atoms with Gasteiger partial charge in [0.2, 0.25) is 0 Å². The van der Waals surface area contributed by atoms with E-state index in [2.05, 4.69) is 0 Å². The number of hydrogen-bond acceptors (Lipinski definition) is 3. The average Bonchev–Trinajstić information content (AvgIpc) is 2.37. The number of ketones is 1. The van der Waals surface area contributed by atoms with E-state index in [0.717, 1.165) is 6.42 Å². The molecule has 2 atom stereocenters. The highest BCUT2D eigenvalue weighted by molar-refractivity contribution is 6.05. The Morgan fingerprint density at radius 1 is 1.29 bits per heavy atom. The maximum Gasteiger partial charge on any atom is 0.194 e. The molecule has 0 aromatic carbocycles. The Labute approximate surface area is 85.3 Å². The Bertz CT molecular complexity index is 285. The first-order valence-corrected chi connectivity index (χ1v) is 5.11. The summed E-state index contributed by atoms with van der Waals surface area (Å²) < 4.78 is 5.85. The molecule has 3 nitrogen and oxygen atoms in total. The predicted octanol–water partition coefficient (Wildman–Crippen LogP) is 1.77. The van der Waals surface area contributed by atoms with Crippen molar-refractivity contribution in [1.82, 2.24) is 0 Å². The summed E-state index contributed by atoms with van der Waals surface area (Å²) in [7, 11) is 0. The van der Waals surface area contributed by atoms with E-state index < -0.39 is 11.2 Å². The van der Waals surface area contributed by atoms with Gasteiger partial charge in [0.1, 0.15) is 5.60 Å². The van der Waals surface area contributed by atoms with Gasteiger partial charge in [-0.15, -0.1) is 0 Å². The van der Waals surface area contributed by atoms with Gasteiger partial charge in [-0.25, -0.2) is 0 Å². The Balaban J connectivity index is 3.15. The highest BCUT2D eigenvalue weighted by atomic mass is 16.5. The van der Waals surface area contributed by atoms with E-state index >= 15 is 0 Å². The van der Waals surface area contributed by atoms with Crippen molar-refractivity contribution in [2.75, 3.05) is 0 Å². The fourth-order valence-corrected chi connectivity index (χ4v) is 1.87. The molecule has 3 heteroatoms. The molecule has 2 unspecified atom stereocenters. The fraction of sp³-hybridized carbons (Fsp3) is 0.727. The number of ether oxygens (including phenoxy) is 1. The molecule has 0 spiro atoms. The summed E-state index contributed by atoms with van der Waals surface area (Å²) in [5, 5.41) is 0. The van der Waals surface area contributed by atoms with E-state index in [4.69, 9.17) is 10.5 Å². The third-order valence-electron chi connectivity index (χ3n) is 3.26. The first-order valence-electron chi connectivity index (χ1n) is 5.11. The second-order valence-corrected chi connectivity index (χ2v) is 4.18. The van der Waals surface area contributed by atoms with Crippen molar-refractivity contribution in [3.05, 3.63) is 11.8 Å².